The van der Waals surface area contributed by atoms with Crippen molar-refractivity contribution in [1.29, 1.82) is 0 Å². The molecule has 0 amide bonds. The van der Waals surface area contributed by atoms with E-state index < -0.39 is 0 Å². The summed E-state index contributed by atoms with van der Waals surface area (Å²) in [7, 11) is 0. The topological polar surface area (TPSA) is 38.3 Å². The van der Waals surface area contributed by atoms with Gasteiger partial charge in [-0.15, -0.1) is 0 Å². The van der Waals surface area contributed by atoms with Crippen LogP contribution in [0.25, 0.3) is 0 Å². The zero-order valence-electron chi connectivity index (χ0n) is 9.07. The minimum absolute atomic E-state index is 0.179. The van der Waals surface area contributed by atoms with Crippen molar-refractivity contribution in [3.8, 4) is 0 Å². The van der Waals surface area contributed by atoms with Gasteiger partial charge in [0.25, 0.3) is 0 Å². The molecule has 0 aliphatic rings. The maximum absolute atomic E-state index is 10.5. The SMILES string of the molecule is CC(C)[C@@H]([C]=O)NOCc1ccccc1. The Bertz CT molecular complexity index is 285. The molecule has 3 nitrogen and oxygen atoms in total. The van der Waals surface area contributed by atoms with Crippen LogP contribution in [0.3, 0.4) is 0 Å². The highest BCUT2D eigenvalue weighted by Crippen LogP contribution is 2.02. The molecule has 0 unspecified atom stereocenters. The lowest BCUT2D eigenvalue weighted by Gasteiger charge is -2.14. The normalized spacial score (nSPS) is 12.7. The molecular formula is C12H16NO2. The summed E-state index contributed by atoms with van der Waals surface area (Å²) in [6, 6.07) is 9.42. The molecule has 0 heterocycles. The largest absolute Gasteiger partial charge is 0.296 e. The van der Waals surface area contributed by atoms with Crippen molar-refractivity contribution in [2.24, 2.45) is 5.92 Å². The van der Waals surface area contributed by atoms with Crippen LogP contribution in [0.2, 0.25) is 0 Å². The average Bonchev–Trinajstić information content (AvgIpc) is 2.25. The summed E-state index contributed by atoms with van der Waals surface area (Å²) in [4.78, 5) is 15.7. The molecule has 1 radical (unpaired) electrons. The maximum atomic E-state index is 10.5. The molecule has 1 aromatic carbocycles. The van der Waals surface area contributed by atoms with Crippen molar-refractivity contribution in [2.45, 2.75) is 26.5 Å². The predicted octanol–water partition coefficient (Wildman–Crippen LogP) is 1.84. The molecule has 0 aliphatic carbocycles. The summed E-state index contributed by atoms with van der Waals surface area (Å²) in [5.41, 5.74) is 3.76. The van der Waals surface area contributed by atoms with Gasteiger partial charge in [0.15, 0.2) is 0 Å². The van der Waals surface area contributed by atoms with E-state index in [2.05, 4.69) is 5.48 Å². The molecule has 0 aromatic heterocycles. The first-order valence-corrected chi connectivity index (χ1v) is 5.03. The van der Waals surface area contributed by atoms with Crippen LogP contribution >= 0.6 is 0 Å². The number of benzene rings is 1. The Kier molecular flexibility index (Phi) is 5.01. The van der Waals surface area contributed by atoms with Gasteiger partial charge in [-0.3, -0.25) is 9.63 Å². The minimum atomic E-state index is -0.367. The molecule has 0 aliphatic heterocycles. The Hall–Kier alpha value is -1.19. The third kappa shape index (κ3) is 4.23. The Morgan fingerprint density at radius 2 is 2.00 bits per heavy atom. The lowest BCUT2D eigenvalue weighted by Crippen LogP contribution is -2.35. The van der Waals surface area contributed by atoms with E-state index in [1.807, 2.05) is 50.5 Å². The van der Waals surface area contributed by atoms with E-state index in [0.717, 1.165) is 5.56 Å². The van der Waals surface area contributed by atoms with E-state index in [9.17, 15) is 4.79 Å². The summed E-state index contributed by atoms with van der Waals surface area (Å²) in [6.45, 7) is 4.33. The first kappa shape index (κ1) is 11.9. The second-order valence-electron chi connectivity index (χ2n) is 3.73. The van der Waals surface area contributed by atoms with Crippen molar-refractivity contribution in [3.05, 3.63) is 35.9 Å². The molecular weight excluding hydrogens is 190 g/mol. The molecule has 1 rings (SSSR count). The molecule has 0 saturated carbocycles. The van der Waals surface area contributed by atoms with Crippen LogP contribution in [0.5, 0.6) is 0 Å². The zero-order valence-corrected chi connectivity index (χ0v) is 9.07. The molecule has 3 heteroatoms. The highest BCUT2D eigenvalue weighted by Gasteiger charge is 2.12. The second-order valence-corrected chi connectivity index (χ2v) is 3.73. The van der Waals surface area contributed by atoms with Crippen LogP contribution in [0, 0.1) is 5.92 Å². The Balaban J connectivity index is 2.30. The van der Waals surface area contributed by atoms with Crippen molar-refractivity contribution in [2.75, 3.05) is 0 Å². The van der Waals surface area contributed by atoms with Gasteiger partial charge in [0.2, 0.25) is 6.29 Å². The van der Waals surface area contributed by atoms with Gasteiger partial charge in [-0.05, 0) is 11.5 Å². The Labute approximate surface area is 90.4 Å². The van der Waals surface area contributed by atoms with Gasteiger partial charge >= 0.3 is 0 Å². The molecule has 0 spiro atoms. The number of rotatable bonds is 6. The predicted molar refractivity (Wildman–Crippen MR) is 58.7 cm³/mol. The van der Waals surface area contributed by atoms with Crippen molar-refractivity contribution in [1.82, 2.24) is 5.48 Å². The van der Waals surface area contributed by atoms with Gasteiger partial charge < -0.3 is 0 Å². The van der Waals surface area contributed by atoms with Crippen LogP contribution in [0.15, 0.2) is 30.3 Å². The van der Waals surface area contributed by atoms with Gasteiger partial charge in [0, 0.05) is 0 Å². The number of hydroxylamine groups is 1. The van der Waals surface area contributed by atoms with Gasteiger partial charge in [-0.2, -0.15) is 5.48 Å². The third-order valence-corrected chi connectivity index (χ3v) is 2.09. The number of hydrogen-bond acceptors (Lipinski definition) is 3. The summed E-state index contributed by atoms with van der Waals surface area (Å²) in [5, 5.41) is 0. The Morgan fingerprint density at radius 3 is 2.53 bits per heavy atom. The summed E-state index contributed by atoms with van der Waals surface area (Å²) < 4.78 is 0. The minimum Gasteiger partial charge on any atom is -0.296 e. The number of hydrogen-bond donors (Lipinski definition) is 1. The fourth-order valence-corrected chi connectivity index (χ4v) is 1.09. The standard InChI is InChI=1S/C12H16NO2/c1-10(2)12(8-14)13-15-9-11-6-4-3-5-7-11/h3-7,10,12-13H,9H2,1-2H3/t12-/m1/s1. The fraction of sp³-hybridized carbons (Fsp3) is 0.417. The van der Waals surface area contributed by atoms with E-state index in [-0.39, 0.29) is 12.0 Å². The molecule has 1 atom stereocenters. The van der Waals surface area contributed by atoms with Gasteiger partial charge in [-0.1, -0.05) is 44.2 Å². The van der Waals surface area contributed by atoms with Crippen LogP contribution in [0.1, 0.15) is 19.4 Å². The molecule has 1 N–H and O–H groups in total. The van der Waals surface area contributed by atoms with E-state index in [1.54, 1.807) is 0 Å². The van der Waals surface area contributed by atoms with Crippen LogP contribution in [-0.4, -0.2) is 12.3 Å². The Morgan fingerprint density at radius 1 is 1.33 bits per heavy atom. The van der Waals surface area contributed by atoms with Gasteiger partial charge in [-0.25, -0.2) is 0 Å². The van der Waals surface area contributed by atoms with Crippen molar-refractivity contribution < 1.29 is 9.63 Å². The highest BCUT2D eigenvalue weighted by molar-refractivity contribution is 5.58. The molecule has 15 heavy (non-hydrogen) atoms. The molecule has 0 saturated heterocycles. The fourth-order valence-electron chi connectivity index (χ4n) is 1.09. The van der Waals surface area contributed by atoms with Crippen molar-refractivity contribution in [3.63, 3.8) is 0 Å². The second kappa shape index (κ2) is 6.32. The quantitative estimate of drug-likeness (QED) is 0.722. The number of nitrogens with one attached hydrogen (secondary N) is 1. The first-order valence-electron chi connectivity index (χ1n) is 5.03. The van der Waals surface area contributed by atoms with Crippen LogP contribution in [0.4, 0.5) is 0 Å². The van der Waals surface area contributed by atoms with Crippen LogP contribution < -0.4 is 5.48 Å². The lowest BCUT2D eigenvalue weighted by molar-refractivity contribution is 0.00856. The van der Waals surface area contributed by atoms with Crippen molar-refractivity contribution >= 4 is 6.29 Å². The highest BCUT2D eigenvalue weighted by atomic mass is 16.6. The zero-order chi connectivity index (χ0) is 11.1. The van der Waals surface area contributed by atoms with Crippen LogP contribution in [-0.2, 0) is 16.2 Å². The molecule has 0 bridgehead atoms. The van der Waals surface area contributed by atoms with E-state index in [4.69, 9.17) is 4.84 Å². The monoisotopic (exact) mass is 206 g/mol. The van der Waals surface area contributed by atoms with E-state index in [0.29, 0.717) is 6.61 Å². The summed E-state index contributed by atoms with van der Waals surface area (Å²) in [5.74, 6) is 0.179. The molecule has 81 valence electrons. The average molecular weight is 206 g/mol. The summed E-state index contributed by atoms with van der Waals surface area (Å²) in [6.07, 6.45) is 1.90. The third-order valence-electron chi connectivity index (χ3n) is 2.09. The smallest absolute Gasteiger partial charge is 0.219 e. The van der Waals surface area contributed by atoms with Gasteiger partial charge in [0.1, 0.15) is 6.04 Å². The molecule has 1 aromatic rings. The summed E-state index contributed by atoms with van der Waals surface area (Å²) >= 11 is 0. The van der Waals surface area contributed by atoms with Gasteiger partial charge in [0.05, 0.1) is 6.61 Å². The van der Waals surface area contributed by atoms with E-state index in [1.165, 1.54) is 0 Å². The maximum Gasteiger partial charge on any atom is 0.219 e. The number of carbonyl (C=O) groups excluding carboxylic acids is 1. The first-order chi connectivity index (χ1) is 7.24. The van der Waals surface area contributed by atoms with E-state index >= 15 is 0 Å². The lowest BCUT2D eigenvalue weighted by atomic mass is 10.1. The molecule has 0 fully saturated rings.